The van der Waals surface area contributed by atoms with Crippen LogP contribution in [0.4, 0.5) is 0 Å². The summed E-state index contributed by atoms with van der Waals surface area (Å²) < 4.78 is 2.00. The van der Waals surface area contributed by atoms with E-state index in [2.05, 4.69) is 10.3 Å². The third-order valence-corrected chi connectivity index (χ3v) is 3.74. The molecule has 1 aliphatic rings. The molecule has 0 spiro atoms. The monoisotopic (exact) mass is 277 g/mol. The number of halogens is 1. The summed E-state index contributed by atoms with van der Waals surface area (Å²) in [5, 5.41) is 2.70. The molecule has 0 bridgehead atoms. The maximum Gasteiger partial charge on any atom is 0.243 e. The molecule has 2 atom stereocenters. The van der Waals surface area contributed by atoms with Crippen LogP contribution in [0.25, 0.3) is 11.0 Å². The second kappa shape index (κ2) is 4.85. The largest absolute Gasteiger partial charge is 0.354 e. The summed E-state index contributed by atoms with van der Waals surface area (Å²) in [7, 11) is 0. The fourth-order valence-corrected chi connectivity index (χ4v) is 2.83. The third kappa shape index (κ3) is 2.10. The Kier molecular flexibility index (Phi) is 3.19. The van der Waals surface area contributed by atoms with Crippen molar-refractivity contribution in [3.05, 3.63) is 30.1 Å². The SMILES string of the molecule is CC(Cl)c1nc2ccccc2n1C1CCCNC1=O. The van der Waals surface area contributed by atoms with Crippen LogP contribution in [0.2, 0.25) is 0 Å². The first-order valence-electron chi connectivity index (χ1n) is 6.57. The Morgan fingerprint density at radius 3 is 3.00 bits per heavy atom. The number of carbonyl (C=O) groups is 1. The second-order valence-corrected chi connectivity index (χ2v) is 5.55. The fourth-order valence-electron chi connectivity index (χ4n) is 2.67. The highest BCUT2D eigenvalue weighted by molar-refractivity contribution is 6.20. The number of alkyl halides is 1. The summed E-state index contributed by atoms with van der Waals surface area (Å²) in [6, 6.07) is 7.66. The Balaban J connectivity index is 2.19. The van der Waals surface area contributed by atoms with Gasteiger partial charge in [-0.1, -0.05) is 12.1 Å². The Labute approximate surface area is 116 Å². The molecule has 1 fully saturated rings. The molecule has 1 aromatic carbocycles. The highest BCUT2D eigenvalue weighted by Crippen LogP contribution is 2.30. The number of piperidine rings is 1. The molecular weight excluding hydrogens is 262 g/mol. The Hall–Kier alpha value is -1.55. The first kappa shape index (κ1) is 12.5. The molecule has 100 valence electrons. The molecule has 2 aromatic rings. The molecule has 5 heteroatoms. The van der Waals surface area contributed by atoms with Gasteiger partial charge in [-0.2, -0.15) is 0 Å². The zero-order chi connectivity index (χ0) is 13.4. The number of rotatable bonds is 2. The van der Waals surface area contributed by atoms with Crippen molar-refractivity contribution in [2.45, 2.75) is 31.2 Å². The number of nitrogens with one attached hydrogen (secondary N) is 1. The molecule has 0 radical (unpaired) electrons. The molecule has 19 heavy (non-hydrogen) atoms. The van der Waals surface area contributed by atoms with Crippen molar-refractivity contribution >= 4 is 28.5 Å². The van der Waals surface area contributed by atoms with Crippen LogP contribution in [0, 0.1) is 0 Å². The summed E-state index contributed by atoms with van der Waals surface area (Å²) in [5.41, 5.74) is 1.87. The minimum absolute atomic E-state index is 0.0629. The molecule has 0 saturated carbocycles. The Morgan fingerprint density at radius 2 is 2.26 bits per heavy atom. The lowest BCUT2D eigenvalue weighted by Crippen LogP contribution is -2.38. The van der Waals surface area contributed by atoms with Crippen LogP contribution < -0.4 is 5.32 Å². The molecule has 3 rings (SSSR count). The summed E-state index contributed by atoms with van der Waals surface area (Å²) in [6.07, 6.45) is 1.82. The highest BCUT2D eigenvalue weighted by Gasteiger charge is 2.28. The van der Waals surface area contributed by atoms with Gasteiger partial charge in [0.05, 0.1) is 16.4 Å². The first-order valence-corrected chi connectivity index (χ1v) is 7.01. The van der Waals surface area contributed by atoms with Gasteiger partial charge in [-0.3, -0.25) is 4.79 Å². The number of amides is 1. The van der Waals surface area contributed by atoms with E-state index in [0.29, 0.717) is 0 Å². The van der Waals surface area contributed by atoms with Crippen molar-refractivity contribution in [3.8, 4) is 0 Å². The van der Waals surface area contributed by atoms with Gasteiger partial charge in [-0.05, 0) is 31.9 Å². The molecule has 1 amide bonds. The number of imidazole rings is 1. The van der Waals surface area contributed by atoms with Crippen molar-refractivity contribution in [1.82, 2.24) is 14.9 Å². The van der Waals surface area contributed by atoms with Crippen LogP contribution in [-0.4, -0.2) is 22.0 Å². The minimum atomic E-state index is -0.220. The predicted molar refractivity (Wildman–Crippen MR) is 75.3 cm³/mol. The van der Waals surface area contributed by atoms with Gasteiger partial charge >= 0.3 is 0 Å². The van der Waals surface area contributed by atoms with Crippen molar-refractivity contribution in [3.63, 3.8) is 0 Å². The normalized spacial score (nSPS) is 21.4. The van der Waals surface area contributed by atoms with Crippen molar-refractivity contribution < 1.29 is 4.79 Å². The maximum absolute atomic E-state index is 12.1. The van der Waals surface area contributed by atoms with Crippen LogP contribution in [0.1, 0.15) is 37.0 Å². The Bertz CT molecular complexity index is 620. The molecule has 1 aromatic heterocycles. The quantitative estimate of drug-likeness (QED) is 0.858. The predicted octanol–water partition coefficient (Wildman–Crippen LogP) is 2.79. The highest BCUT2D eigenvalue weighted by atomic mass is 35.5. The average molecular weight is 278 g/mol. The smallest absolute Gasteiger partial charge is 0.243 e. The molecule has 2 heterocycles. The topological polar surface area (TPSA) is 46.9 Å². The summed E-state index contributed by atoms with van der Waals surface area (Å²) in [5.74, 6) is 0.831. The van der Waals surface area contributed by atoms with E-state index in [9.17, 15) is 4.79 Å². The maximum atomic E-state index is 12.1. The number of carbonyl (C=O) groups excluding carboxylic acids is 1. The van der Waals surface area contributed by atoms with Gasteiger partial charge in [-0.25, -0.2) is 4.98 Å². The number of benzene rings is 1. The van der Waals surface area contributed by atoms with Crippen LogP contribution >= 0.6 is 11.6 Å². The van der Waals surface area contributed by atoms with E-state index in [0.717, 1.165) is 36.2 Å². The number of aromatic nitrogens is 2. The van der Waals surface area contributed by atoms with E-state index in [1.54, 1.807) is 0 Å². The zero-order valence-electron chi connectivity index (χ0n) is 10.8. The number of nitrogens with zero attached hydrogens (tertiary/aromatic N) is 2. The average Bonchev–Trinajstić information content (AvgIpc) is 2.79. The van der Waals surface area contributed by atoms with Gasteiger partial charge in [0.15, 0.2) is 0 Å². The van der Waals surface area contributed by atoms with Crippen molar-refractivity contribution in [1.29, 1.82) is 0 Å². The van der Waals surface area contributed by atoms with Crippen LogP contribution in [-0.2, 0) is 4.79 Å². The van der Waals surface area contributed by atoms with Gasteiger partial charge < -0.3 is 9.88 Å². The van der Waals surface area contributed by atoms with Gasteiger partial charge in [0.1, 0.15) is 11.9 Å². The van der Waals surface area contributed by atoms with Crippen molar-refractivity contribution in [2.24, 2.45) is 0 Å². The third-order valence-electron chi connectivity index (χ3n) is 3.55. The van der Waals surface area contributed by atoms with Gasteiger partial charge in [0, 0.05) is 6.54 Å². The zero-order valence-corrected chi connectivity index (χ0v) is 11.5. The number of para-hydroxylation sites is 2. The lowest BCUT2D eigenvalue weighted by atomic mass is 10.1. The summed E-state index contributed by atoms with van der Waals surface area (Å²) >= 11 is 6.23. The van der Waals surface area contributed by atoms with E-state index < -0.39 is 0 Å². The molecule has 0 aliphatic carbocycles. The standard InChI is InChI=1S/C14H16ClN3O/c1-9(15)13-17-10-5-2-3-6-11(10)18(13)12-7-4-8-16-14(12)19/h2-3,5-6,9,12H,4,7-8H2,1H3,(H,16,19). The van der Waals surface area contributed by atoms with E-state index >= 15 is 0 Å². The van der Waals surface area contributed by atoms with Gasteiger partial charge in [0.25, 0.3) is 0 Å². The van der Waals surface area contributed by atoms with E-state index in [1.807, 2.05) is 35.8 Å². The first-order chi connectivity index (χ1) is 9.18. The molecular formula is C14H16ClN3O. The van der Waals surface area contributed by atoms with E-state index in [-0.39, 0.29) is 17.3 Å². The lowest BCUT2D eigenvalue weighted by Gasteiger charge is -2.25. The minimum Gasteiger partial charge on any atom is -0.354 e. The van der Waals surface area contributed by atoms with Gasteiger partial charge in [-0.15, -0.1) is 11.6 Å². The fraction of sp³-hybridized carbons (Fsp3) is 0.429. The second-order valence-electron chi connectivity index (χ2n) is 4.89. The summed E-state index contributed by atoms with van der Waals surface area (Å²) in [6.45, 7) is 2.65. The van der Waals surface area contributed by atoms with Crippen LogP contribution in [0.5, 0.6) is 0 Å². The Morgan fingerprint density at radius 1 is 1.47 bits per heavy atom. The molecule has 4 nitrogen and oxygen atoms in total. The molecule has 2 unspecified atom stereocenters. The number of hydrogen-bond donors (Lipinski definition) is 1. The lowest BCUT2D eigenvalue weighted by molar-refractivity contribution is -0.125. The number of fused-ring (bicyclic) bond motifs is 1. The van der Waals surface area contributed by atoms with E-state index in [4.69, 9.17) is 11.6 Å². The molecule has 1 aliphatic heterocycles. The van der Waals surface area contributed by atoms with Crippen molar-refractivity contribution in [2.75, 3.05) is 6.54 Å². The molecule has 1 N–H and O–H groups in total. The number of hydrogen-bond acceptors (Lipinski definition) is 2. The van der Waals surface area contributed by atoms with Gasteiger partial charge in [0.2, 0.25) is 5.91 Å². The van der Waals surface area contributed by atoms with Crippen LogP contribution in [0.3, 0.4) is 0 Å². The van der Waals surface area contributed by atoms with E-state index in [1.165, 1.54) is 0 Å². The van der Waals surface area contributed by atoms with Crippen LogP contribution in [0.15, 0.2) is 24.3 Å². The summed E-state index contributed by atoms with van der Waals surface area (Å²) in [4.78, 5) is 16.7. The molecule has 1 saturated heterocycles.